The molecule has 4 nitrogen and oxygen atoms in total. The molecule has 0 saturated carbocycles. The Morgan fingerprint density at radius 3 is 1.63 bits per heavy atom. The molecule has 0 atom stereocenters. The fourth-order valence-corrected chi connectivity index (χ4v) is 13.9. The summed E-state index contributed by atoms with van der Waals surface area (Å²) in [5.41, 5.74) is 8.75. The predicted molar refractivity (Wildman–Crippen MR) is 240 cm³/mol. The average Bonchev–Trinajstić information content (AvgIpc) is 3.79. The van der Waals surface area contributed by atoms with Crippen LogP contribution in [0.1, 0.15) is 0 Å². The maximum absolute atomic E-state index is 5.08. The molecule has 4 aromatic heterocycles. The molecule has 57 heavy (non-hydrogen) atoms. The van der Waals surface area contributed by atoms with Gasteiger partial charge in [-0.1, -0.05) is 140 Å². The zero-order valence-corrected chi connectivity index (χ0v) is 32.1. The summed E-state index contributed by atoms with van der Waals surface area (Å²) in [5.74, 6) is 0. The van der Waals surface area contributed by atoms with Crippen LogP contribution in [0.5, 0.6) is 0 Å². The molecule has 0 N–H and O–H groups in total. The molecule has 0 aliphatic carbocycles. The summed E-state index contributed by atoms with van der Waals surface area (Å²) in [6.45, 7) is 0. The van der Waals surface area contributed by atoms with Crippen LogP contribution in [0.4, 0.5) is 0 Å². The summed E-state index contributed by atoms with van der Waals surface area (Å²) in [5, 5.41) is 9.98. The second-order valence-electron chi connectivity index (χ2n) is 14.6. The second kappa shape index (κ2) is 13.4. The fraction of sp³-hybridized carbons (Fsp3) is 0. The van der Waals surface area contributed by atoms with Crippen LogP contribution in [0.3, 0.4) is 0 Å². The normalized spacial score (nSPS) is 11.9. The van der Waals surface area contributed by atoms with Crippen molar-refractivity contribution in [3.63, 3.8) is 0 Å². The Morgan fingerprint density at radius 2 is 0.895 bits per heavy atom. The number of rotatable bonds is 7. The highest BCUT2D eigenvalue weighted by Crippen LogP contribution is 2.39. The molecule has 0 aliphatic heterocycles. The van der Waals surface area contributed by atoms with E-state index in [4.69, 9.17) is 9.97 Å². The van der Waals surface area contributed by atoms with Gasteiger partial charge in [-0.15, -0.1) is 0 Å². The van der Waals surface area contributed by atoms with Crippen molar-refractivity contribution in [1.29, 1.82) is 0 Å². The minimum Gasteiger partial charge on any atom is -0.309 e. The molecule has 0 bridgehead atoms. The number of hydrogen-bond donors (Lipinski definition) is 0. The van der Waals surface area contributed by atoms with E-state index in [1.165, 1.54) is 47.9 Å². The van der Waals surface area contributed by atoms with Crippen LogP contribution in [0.25, 0.3) is 66.4 Å². The molecule has 268 valence electrons. The third-order valence-electron chi connectivity index (χ3n) is 11.5. The quantitative estimate of drug-likeness (QED) is 0.120. The van der Waals surface area contributed by atoms with Gasteiger partial charge in [-0.3, -0.25) is 9.55 Å². The zero-order valence-electron chi connectivity index (χ0n) is 31.1. The van der Waals surface area contributed by atoms with Gasteiger partial charge < -0.3 is 4.57 Å². The summed E-state index contributed by atoms with van der Waals surface area (Å²) in [4.78, 5) is 9.84. The highest BCUT2D eigenvalue weighted by Gasteiger charge is 2.42. The van der Waals surface area contributed by atoms with Crippen molar-refractivity contribution < 1.29 is 0 Å². The third-order valence-corrected chi connectivity index (χ3v) is 16.3. The lowest BCUT2D eigenvalue weighted by Crippen LogP contribution is -2.74. The Kier molecular flexibility index (Phi) is 7.79. The molecule has 4 heterocycles. The van der Waals surface area contributed by atoms with Crippen molar-refractivity contribution in [3.8, 4) is 22.6 Å². The molecule has 0 fully saturated rings. The number of fused-ring (bicyclic) bond motifs is 6. The van der Waals surface area contributed by atoms with Gasteiger partial charge in [0.25, 0.3) is 0 Å². The Bertz CT molecular complexity index is 3190. The number of aromatic nitrogens is 4. The molecule has 0 amide bonds. The number of hydrogen-bond acceptors (Lipinski definition) is 2. The molecule has 0 saturated heterocycles. The van der Waals surface area contributed by atoms with Gasteiger partial charge in [0, 0.05) is 50.9 Å². The number of nitrogens with zero attached hydrogens (tertiary/aromatic N) is 4. The Morgan fingerprint density at radius 1 is 0.333 bits per heavy atom. The smallest absolute Gasteiger partial charge is 0.179 e. The first-order valence-corrected chi connectivity index (χ1v) is 21.4. The molecule has 0 spiro atoms. The van der Waals surface area contributed by atoms with E-state index in [2.05, 4.69) is 209 Å². The molecule has 5 heteroatoms. The van der Waals surface area contributed by atoms with Crippen LogP contribution in [-0.2, 0) is 0 Å². The van der Waals surface area contributed by atoms with Gasteiger partial charge in [-0.2, -0.15) is 0 Å². The zero-order chi connectivity index (χ0) is 37.8. The lowest BCUT2D eigenvalue weighted by Gasteiger charge is -2.35. The maximum Gasteiger partial charge on any atom is 0.179 e. The number of para-hydroxylation sites is 2. The van der Waals surface area contributed by atoms with Crippen LogP contribution in [-0.4, -0.2) is 27.2 Å². The third kappa shape index (κ3) is 5.20. The fourth-order valence-electron chi connectivity index (χ4n) is 9.12. The van der Waals surface area contributed by atoms with Gasteiger partial charge in [-0.25, -0.2) is 4.98 Å². The summed E-state index contributed by atoms with van der Waals surface area (Å²) in [6.07, 6.45) is 3.79. The Hall–Kier alpha value is -7.34. The second-order valence-corrected chi connectivity index (χ2v) is 18.4. The minimum absolute atomic E-state index is 0.941. The Balaban J connectivity index is 1.21. The molecule has 7 aromatic carbocycles. The van der Waals surface area contributed by atoms with Crippen molar-refractivity contribution in [2.75, 3.05) is 0 Å². The van der Waals surface area contributed by atoms with Gasteiger partial charge in [-0.05, 0) is 87.5 Å². The standard InChI is InChI=1S/C52H36N4Si/c1-4-18-38(19-5-1)55-49-30-11-10-27-44(49)46-35-51-47(36-50(46)55)45-28-16-32-54-52(45)56(51)39-20-15-26-43(34-39)57(40-21-6-2-7-22-40,41-23-8-3-9-24-41)42-25-14-17-37(33-42)48-29-12-13-31-53-48/h1-36H. The summed E-state index contributed by atoms with van der Waals surface area (Å²) >= 11 is 0. The highest BCUT2D eigenvalue weighted by atomic mass is 28.3. The van der Waals surface area contributed by atoms with Crippen LogP contribution in [0.2, 0.25) is 0 Å². The van der Waals surface area contributed by atoms with E-state index in [1.807, 2.05) is 18.5 Å². The van der Waals surface area contributed by atoms with Gasteiger partial charge in [0.2, 0.25) is 0 Å². The van der Waals surface area contributed by atoms with E-state index < -0.39 is 8.07 Å². The lowest BCUT2D eigenvalue weighted by molar-refractivity contribution is 1.14. The van der Waals surface area contributed by atoms with Gasteiger partial charge in [0.15, 0.2) is 8.07 Å². The van der Waals surface area contributed by atoms with Crippen molar-refractivity contribution >= 4 is 72.6 Å². The molecule has 0 radical (unpaired) electrons. The number of benzene rings is 7. The molecule has 11 aromatic rings. The first kappa shape index (κ1) is 33.0. The van der Waals surface area contributed by atoms with E-state index in [9.17, 15) is 0 Å². The monoisotopic (exact) mass is 744 g/mol. The summed E-state index contributed by atoms with van der Waals surface area (Å²) in [7, 11) is -2.92. The van der Waals surface area contributed by atoms with Crippen LogP contribution in [0.15, 0.2) is 219 Å². The van der Waals surface area contributed by atoms with Gasteiger partial charge >= 0.3 is 0 Å². The predicted octanol–water partition coefficient (Wildman–Crippen LogP) is 9.72. The van der Waals surface area contributed by atoms with Crippen molar-refractivity contribution in [3.05, 3.63) is 219 Å². The first-order valence-electron chi connectivity index (χ1n) is 19.4. The van der Waals surface area contributed by atoms with E-state index in [-0.39, 0.29) is 0 Å². The summed E-state index contributed by atoms with van der Waals surface area (Å²) in [6, 6.07) is 75.2. The van der Waals surface area contributed by atoms with Crippen molar-refractivity contribution in [2.24, 2.45) is 0 Å². The summed E-state index contributed by atoms with van der Waals surface area (Å²) < 4.78 is 4.77. The van der Waals surface area contributed by atoms with Gasteiger partial charge in [0.05, 0.1) is 22.2 Å². The van der Waals surface area contributed by atoms with Crippen molar-refractivity contribution in [1.82, 2.24) is 19.1 Å². The maximum atomic E-state index is 5.08. The lowest BCUT2D eigenvalue weighted by atomic mass is 10.1. The van der Waals surface area contributed by atoms with Gasteiger partial charge in [0.1, 0.15) is 5.65 Å². The van der Waals surface area contributed by atoms with E-state index in [1.54, 1.807) is 0 Å². The SMILES string of the molecule is c1ccc(-n2c3ccccc3c3cc4c(cc32)c2cccnc2n4-c2cccc([Si](c3ccccc3)(c3ccccc3)c3cccc(-c4ccccn4)c3)c2)cc1. The molecule has 0 aliphatic rings. The first-order chi connectivity index (χ1) is 28.3. The van der Waals surface area contributed by atoms with Crippen LogP contribution in [0, 0.1) is 0 Å². The van der Waals surface area contributed by atoms with Crippen LogP contribution >= 0.6 is 0 Å². The Labute approximate surface area is 331 Å². The molecule has 11 rings (SSSR count). The molecule has 0 unspecified atom stereocenters. The topological polar surface area (TPSA) is 35.6 Å². The van der Waals surface area contributed by atoms with Crippen molar-refractivity contribution in [2.45, 2.75) is 0 Å². The largest absolute Gasteiger partial charge is 0.309 e. The molecular weight excluding hydrogens is 709 g/mol. The number of pyridine rings is 2. The minimum atomic E-state index is -2.92. The van der Waals surface area contributed by atoms with E-state index in [0.29, 0.717) is 0 Å². The molecular formula is C52H36N4Si. The van der Waals surface area contributed by atoms with E-state index >= 15 is 0 Å². The van der Waals surface area contributed by atoms with Crippen LogP contribution < -0.4 is 20.7 Å². The highest BCUT2D eigenvalue weighted by molar-refractivity contribution is 7.20. The average molecular weight is 745 g/mol. The van der Waals surface area contributed by atoms with E-state index in [0.717, 1.165) is 39.2 Å².